The molecule has 0 saturated carbocycles. The molecule has 3 nitrogen and oxygen atoms in total. The van der Waals surface area contributed by atoms with Crippen molar-refractivity contribution < 1.29 is 18.3 Å². The quantitative estimate of drug-likeness (QED) is 0.662. The van der Waals surface area contributed by atoms with Crippen LogP contribution in [0.1, 0.15) is 6.92 Å². The van der Waals surface area contributed by atoms with E-state index >= 15 is 0 Å². The predicted molar refractivity (Wildman–Crippen MR) is 33.4 cm³/mol. The first-order valence-corrected chi connectivity index (χ1v) is 3.32. The van der Waals surface area contributed by atoms with Crippen LogP contribution in [0.2, 0.25) is 0 Å². The van der Waals surface area contributed by atoms with Gasteiger partial charge in [0.15, 0.2) is 0 Å². The first-order valence-electron chi connectivity index (χ1n) is 3.32. The molecule has 1 heterocycles. The highest BCUT2D eigenvalue weighted by molar-refractivity contribution is 5.69. The second-order valence-electron chi connectivity index (χ2n) is 2.54. The van der Waals surface area contributed by atoms with Gasteiger partial charge in [0.25, 0.3) is 0 Å². The monoisotopic (exact) mass is 165 g/mol. The molecule has 1 amide bonds. The Morgan fingerprint density at radius 2 is 2.36 bits per heavy atom. The molecule has 0 radical (unpaired) electrons. The summed E-state index contributed by atoms with van der Waals surface area (Å²) in [5.74, 6) is -0.846. The maximum absolute atomic E-state index is 12.0. The summed E-state index contributed by atoms with van der Waals surface area (Å²) in [6, 6.07) is -0.539. The van der Waals surface area contributed by atoms with Crippen LogP contribution in [0.4, 0.5) is 13.6 Å². The van der Waals surface area contributed by atoms with E-state index in [0.29, 0.717) is 0 Å². The molecule has 0 aliphatic carbocycles. The zero-order chi connectivity index (χ0) is 8.43. The summed E-state index contributed by atoms with van der Waals surface area (Å²) in [5, 5.41) is 2.29. The second-order valence-corrected chi connectivity index (χ2v) is 2.54. The molecule has 0 aromatic rings. The number of halogens is 2. The lowest BCUT2D eigenvalue weighted by Crippen LogP contribution is -2.36. The zero-order valence-electron chi connectivity index (χ0n) is 6.01. The average Bonchev–Trinajstić information content (AvgIpc) is 2.34. The van der Waals surface area contributed by atoms with Crippen LogP contribution in [0.25, 0.3) is 0 Å². The number of carbonyl (C=O) groups excluding carboxylic acids is 1. The van der Waals surface area contributed by atoms with Crippen molar-refractivity contribution in [2.75, 3.05) is 6.61 Å². The van der Waals surface area contributed by atoms with Gasteiger partial charge in [0.1, 0.15) is 6.61 Å². The molecule has 1 saturated heterocycles. The minimum absolute atomic E-state index is 0.0460. The fourth-order valence-electron chi connectivity index (χ4n) is 0.859. The van der Waals surface area contributed by atoms with Gasteiger partial charge in [0.05, 0.1) is 6.04 Å². The van der Waals surface area contributed by atoms with E-state index in [9.17, 15) is 13.6 Å². The van der Waals surface area contributed by atoms with E-state index in [1.54, 1.807) is 0 Å². The molecule has 1 aliphatic heterocycles. The van der Waals surface area contributed by atoms with Gasteiger partial charge in [-0.25, -0.2) is 13.6 Å². The lowest BCUT2D eigenvalue weighted by atomic mass is 10.0. The van der Waals surface area contributed by atoms with E-state index in [2.05, 4.69) is 10.1 Å². The molecule has 5 heteroatoms. The third-order valence-electron chi connectivity index (χ3n) is 1.73. The number of rotatable bonds is 2. The fraction of sp³-hybridized carbons (Fsp3) is 0.833. The Morgan fingerprint density at radius 1 is 1.73 bits per heavy atom. The lowest BCUT2D eigenvalue weighted by Gasteiger charge is -2.14. The number of alkyl carbamates (subject to hydrolysis) is 1. The van der Waals surface area contributed by atoms with E-state index < -0.39 is 24.5 Å². The van der Waals surface area contributed by atoms with E-state index in [0.717, 1.165) is 0 Å². The van der Waals surface area contributed by atoms with Crippen molar-refractivity contribution in [3.8, 4) is 0 Å². The minimum Gasteiger partial charge on any atom is -0.447 e. The third-order valence-corrected chi connectivity index (χ3v) is 1.73. The van der Waals surface area contributed by atoms with Gasteiger partial charge in [0, 0.05) is 5.92 Å². The summed E-state index contributed by atoms with van der Waals surface area (Å²) >= 11 is 0. The van der Waals surface area contributed by atoms with Crippen molar-refractivity contribution >= 4 is 6.09 Å². The number of alkyl halides is 2. The van der Waals surface area contributed by atoms with Crippen LogP contribution in [0, 0.1) is 5.92 Å². The highest BCUT2D eigenvalue weighted by Gasteiger charge is 2.32. The molecular weight excluding hydrogens is 156 g/mol. The molecule has 0 aromatic heterocycles. The molecule has 0 aromatic carbocycles. The van der Waals surface area contributed by atoms with Gasteiger partial charge in [-0.15, -0.1) is 0 Å². The zero-order valence-corrected chi connectivity index (χ0v) is 6.01. The Hall–Kier alpha value is -0.870. The van der Waals surface area contributed by atoms with Crippen molar-refractivity contribution in [2.45, 2.75) is 19.4 Å². The third kappa shape index (κ3) is 1.78. The van der Waals surface area contributed by atoms with Crippen LogP contribution in [0.3, 0.4) is 0 Å². The van der Waals surface area contributed by atoms with Crippen LogP contribution in [-0.4, -0.2) is 25.2 Å². The summed E-state index contributed by atoms with van der Waals surface area (Å²) in [6.07, 6.45) is -3.02. The summed E-state index contributed by atoms with van der Waals surface area (Å²) in [5.41, 5.74) is 0. The normalized spacial score (nSPS) is 26.5. The van der Waals surface area contributed by atoms with Crippen molar-refractivity contribution in [1.82, 2.24) is 5.32 Å². The summed E-state index contributed by atoms with van der Waals surface area (Å²) < 4.78 is 28.5. The fourth-order valence-corrected chi connectivity index (χ4v) is 0.859. The topological polar surface area (TPSA) is 38.3 Å². The molecule has 2 atom stereocenters. The molecule has 0 bridgehead atoms. The Bertz CT molecular complexity index is 163. The molecule has 1 rings (SSSR count). The molecule has 64 valence electrons. The van der Waals surface area contributed by atoms with Crippen LogP contribution in [0.15, 0.2) is 0 Å². The van der Waals surface area contributed by atoms with Crippen LogP contribution < -0.4 is 5.32 Å². The largest absolute Gasteiger partial charge is 0.447 e. The summed E-state index contributed by atoms with van der Waals surface area (Å²) in [6.45, 7) is 1.43. The SMILES string of the molecule is C[C@@H](C(F)F)C1COC(=O)N1. The number of amides is 1. The van der Waals surface area contributed by atoms with Gasteiger partial charge < -0.3 is 10.1 Å². The van der Waals surface area contributed by atoms with Gasteiger partial charge in [-0.3, -0.25) is 0 Å². The van der Waals surface area contributed by atoms with Crippen LogP contribution >= 0.6 is 0 Å². The smallest absolute Gasteiger partial charge is 0.407 e. The predicted octanol–water partition coefficient (Wildman–Crippen LogP) is 0.996. The van der Waals surface area contributed by atoms with Crippen LogP contribution in [0.5, 0.6) is 0 Å². The number of cyclic esters (lactones) is 1. The van der Waals surface area contributed by atoms with Gasteiger partial charge >= 0.3 is 6.09 Å². The van der Waals surface area contributed by atoms with E-state index in [1.165, 1.54) is 6.92 Å². The molecule has 1 aliphatic rings. The average molecular weight is 165 g/mol. The number of hydrogen-bond donors (Lipinski definition) is 1. The van der Waals surface area contributed by atoms with Crippen molar-refractivity contribution in [2.24, 2.45) is 5.92 Å². The molecule has 1 N–H and O–H groups in total. The maximum atomic E-state index is 12.0. The van der Waals surface area contributed by atoms with E-state index in [4.69, 9.17) is 0 Å². The number of hydrogen-bond acceptors (Lipinski definition) is 2. The van der Waals surface area contributed by atoms with Gasteiger partial charge in [-0.1, -0.05) is 6.92 Å². The molecular formula is C6H9F2NO2. The number of carbonyl (C=O) groups is 1. The summed E-state index contributed by atoms with van der Waals surface area (Å²) in [7, 11) is 0. The van der Waals surface area contributed by atoms with Crippen LogP contribution in [-0.2, 0) is 4.74 Å². The summed E-state index contributed by atoms with van der Waals surface area (Å²) in [4.78, 5) is 10.4. The second kappa shape index (κ2) is 3.02. The first-order chi connectivity index (χ1) is 5.11. The molecule has 0 spiro atoms. The Balaban J connectivity index is 2.43. The molecule has 1 fully saturated rings. The number of ether oxygens (including phenoxy) is 1. The van der Waals surface area contributed by atoms with Crippen molar-refractivity contribution in [3.05, 3.63) is 0 Å². The van der Waals surface area contributed by atoms with E-state index in [-0.39, 0.29) is 6.61 Å². The minimum atomic E-state index is -2.41. The maximum Gasteiger partial charge on any atom is 0.407 e. The Labute approximate surface area is 62.7 Å². The van der Waals surface area contributed by atoms with Crippen molar-refractivity contribution in [1.29, 1.82) is 0 Å². The molecule has 11 heavy (non-hydrogen) atoms. The first kappa shape index (κ1) is 8.23. The Morgan fingerprint density at radius 3 is 2.73 bits per heavy atom. The highest BCUT2D eigenvalue weighted by Crippen LogP contribution is 2.16. The van der Waals surface area contributed by atoms with E-state index in [1.807, 2.05) is 0 Å². The highest BCUT2D eigenvalue weighted by atomic mass is 19.3. The van der Waals surface area contributed by atoms with Gasteiger partial charge in [-0.05, 0) is 0 Å². The lowest BCUT2D eigenvalue weighted by molar-refractivity contribution is 0.0655. The standard InChI is InChI=1S/C6H9F2NO2/c1-3(5(7)8)4-2-11-6(10)9-4/h3-5H,2H2,1H3,(H,9,10)/t3-,4?/m1/s1. The number of nitrogens with one attached hydrogen (secondary N) is 1. The van der Waals surface area contributed by atoms with Gasteiger partial charge in [-0.2, -0.15) is 0 Å². The van der Waals surface area contributed by atoms with Gasteiger partial charge in [0.2, 0.25) is 6.43 Å². The Kier molecular flexibility index (Phi) is 2.26. The molecule has 1 unspecified atom stereocenters. The van der Waals surface area contributed by atoms with Crippen molar-refractivity contribution in [3.63, 3.8) is 0 Å².